The zero-order chi connectivity index (χ0) is 17.8. The van der Waals surface area contributed by atoms with Crippen LogP contribution >= 0.6 is 0 Å². The minimum atomic E-state index is 0.0916. The van der Waals surface area contributed by atoms with Gasteiger partial charge in [-0.05, 0) is 26.0 Å². The van der Waals surface area contributed by atoms with E-state index in [0.29, 0.717) is 6.54 Å². The molecule has 2 aromatic heterocycles. The first kappa shape index (κ1) is 17.5. The van der Waals surface area contributed by atoms with E-state index in [0.717, 1.165) is 49.4 Å². The zero-order valence-corrected chi connectivity index (χ0v) is 14.9. The van der Waals surface area contributed by atoms with Crippen LogP contribution in [0.1, 0.15) is 25.0 Å². The number of amides is 1. The van der Waals surface area contributed by atoms with Gasteiger partial charge in [0.25, 0.3) is 0 Å². The van der Waals surface area contributed by atoms with Gasteiger partial charge in [0.2, 0.25) is 5.91 Å². The normalized spacial score (nSPS) is 16.2. The van der Waals surface area contributed by atoms with E-state index >= 15 is 0 Å². The summed E-state index contributed by atoms with van der Waals surface area (Å²) in [6, 6.07) is 8.44. The molecule has 6 heteroatoms. The molecule has 0 unspecified atom stereocenters. The maximum absolute atomic E-state index is 11.9. The second kappa shape index (κ2) is 7.68. The van der Waals surface area contributed by atoms with E-state index in [1.807, 2.05) is 42.6 Å². The van der Waals surface area contributed by atoms with Crippen LogP contribution in [0.5, 0.6) is 0 Å². The van der Waals surface area contributed by atoms with Crippen LogP contribution in [0.2, 0.25) is 0 Å². The predicted molar refractivity (Wildman–Crippen MR) is 97.1 cm³/mol. The molecule has 1 aliphatic rings. The molecule has 0 aromatic carbocycles. The molecule has 1 N–H and O–H groups in total. The minimum Gasteiger partial charge on any atom is -0.353 e. The molecule has 1 saturated heterocycles. The molecular formula is C19H25N5O. The Morgan fingerprint density at radius 2 is 1.96 bits per heavy atom. The van der Waals surface area contributed by atoms with E-state index in [1.165, 1.54) is 0 Å². The Hall–Kier alpha value is -2.36. The Labute approximate surface area is 148 Å². The third kappa shape index (κ3) is 4.19. The summed E-state index contributed by atoms with van der Waals surface area (Å²) >= 11 is 0. The highest BCUT2D eigenvalue weighted by molar-refractivity contribution is 5.78. The molecule has 0 saturated carbocycles. The highest BCUT2D eigenvalue weighted by Gasteiger charge is 2.21. The van der Waals surface area contributed by atoms with E-state index in [-0.39, 0.29) is 11.9 Å². The average Bonchev–Trinajstić information content (AvgIpc) is 2.92. The van der Waals surface area contributed by atoms with Gasteiger partial charge in [0.15, 0.2) is 0 Å². The quantitative estimate of drug-likeness (QED) is 0.896. The van der Waals surface area contributed by atoms with Crippen LogP contribution in [-0.2, 0) is 11.3 Å². The Bertz CT molecular complexity index is 781. The SMILES string of the molecule is CC(C)NC(=O)CN1CCN(Cc2cn3ccccc3c2C#N)CC1. The molecule has 0 radical (unpaired) electrons. The zero-order valence-electron chi connectivity index (χ0n) is 14.9. The van der Waals surface area contributed by atoms with Crippen molar-refractivity contribution in [3.05, 3.63) is 41.7 Å². The first-order chi connectivity index (χ1) is 12.1. The summed E-state index contributed by atoms with van der Waals surface area (Å²) in [6.45, 7) is 8.76. The van der Waals surface area contributed by atoms with Crippen molar-refractivity contribution in [1.82, 2.24) is 19.5 Å². The third-order valence-electron chi connectivity index (χ3n) is 4.55. The molecule has 1 fully saturated rings. The number of nitrogens with one attached hydrogen (secondary N) is 1. The van der Waals surface area contributed by atoms with Crippen molar-refractivity contribution in [3.8, 4) is 6.07 Å². The van der Waals surface area contributed by atoms with Gasteiger partial charge in [0.1, 0.15) is 6.07 Å². The van der Waals surface area contributed by atoms with Crippen molar-refractivity contribution in [2.75, 3.05) is 32.7 Å². The molecule has 2 aromatic rings. The fourth-order valence-electron chi connectivity index (χ4n) is 3.34. The van der Waals surface area contributed by atoms with Gasteiger partial charge in [-0.15, -0.1) is 0 Å². The molecule has 3 rings (SSSR count). The fraction of sp³-hybridized carbons (Fsp3) is 0.474. The molecule has 3 heterocycles. The molecule has 132 valence electrons. The lowest BCUT2D eigenvalue weighted by Gasteiger charge is -2.34. The van der Waals surface area contributed by atoms with Crippen LogP contribution in [0.3, 0.4) is 0 Å². The Morgan fingerprint density at radius 3 is 2.64 bits per heavy atom. The van der Waals surface area contributed by atoms with Crippen molar-refractivity contribution in [1.29, 1.82) is 5.26 Å². The van der Waals surface area contributed by atoms with Crippen LogP contribution in [0.15, 0.2) is 30.6 Å². The number of nitrogens with zero attached hydrogens (tertiary/aromatic N) is 4. The standard InChI is InChI=1S/C19H25N5O/c1-15(2)21-19(25)14-23-9-7-22(8-10-23)12-16-13-24-6-4-3-5-18(24)17(16)11-20/h3-6,13,15H,7-10,12,14H2,1-2H3,(H,21,25). The second-order valence-corrected chi connectivity index (χ2v) is 6.91. The molecule has 1 amide bonds. The van der Waals surface area contributed by atoms with E-state index in [2.05, 4.69) is 27.4 Å². The monoisotopic (exact) mass is 339 g/mol. The number of rotatable bonds is 5. The Morgan fingerprint density at radius 1 is 1.24 bits per heavy atom. The van der Waals surface area contributed by atoms with Crippen molar-refractivity contribution in [2.24, 2.45) is 0 Å². The smallest absolute Gasteiger partial charge is 0.234 e. The third-order valence-corrected chi connectivity index (χ3v) is 4.55. The number of carbonyl (C=O) groups excluding carboxylic acids is 1. The summed E-state index contributed by atoms with van der Waals surface area (Å²) in [7, 11) is 0. The summed E-state index contributed by atoms with van der Waals surface area (Å²) in [6.07, 6.45) is 4.03. The van der Waals surface area contributed by atoms with Crippen LogP contribution in [0.4, 0.5) is 0 Å². The number of aromatic nitrogens is 1. The summed E-state index contributed by atoms with van der Waals surface area (Å²) in [4.78, 5) is 16.4. The molecule has 0 aliphatic carbocycles. The molecule has 6 nitrogen and oxygen atoms in total. The minimum absolute atomic E-state index is 0.0916. The summed E-state index contributed by atoms with van der Waals surface area (Å²) in [5, 5.41) is 12.5. The lowest BCUT2D eigenvalue weighted by Crippen LogP contribution is -2.49. The van der Waals surface area contributed by atoms with Gasteiger partial charge in [0, 0.05) is 56.7 Å². The Kier molecular flexibility index (Phi) is 5.37. The van der Waals surface area contributed by atoms with E-state index < -0.39 is 0 Å². The predicted octanol–water partition coefficient (Wildman–Crippen LogP) is 1.45. The lowest BCUT2D eigenvalue weighted by atomic mass is 10.1. The van der Waals surface area contributed by atoms with Gasteiger partial charge >= 0.3 is 0 Å². The van der Waals surface area contributed by atoms with Gasteiger partial charge in [-0.3, -0.25) is 14.6 Å². The molecule has 25 heavy (non-hydrogen) atoms. The van der Waals surface area contributed by atoms with Gasteiger partial charge in [-0.25, -0.2) is 0 Å². The molecule has 0 atom stereocenters. The van der Waals surface area contributed by atoms with Gasteiger partial charge in [-0.2, -0.15) is 5.26 Å². The Balaban J connectivity index is 1.58. The van der Waals surface area contributed by atoms with Gasteiger partial charge in [-0.1, -0.05) is 6.07 Å². The second-order valence-electron chi connectivity index (χ2n) is 6.91. The number of hydrogen-bond acceptors (Lipinski definition) is 4. The van der Waals surface area contributed by atoms with Crippen molar-refractivity contribution in [2.45, 2.75) is 26.4 Å². The number of pyridine rings is 1. The first-order valence-electron chi connectivity index (χ1n) is 8.79. The number of nitriles is 1. The van der Waals surface area contributed by atoms with Crippen molar-refractivity contribution < 1.29 is 4.79 Å². The van der Waals surface area contributed by atoms with E-state index in [4.69, 9.17) is 0 Å². The van der Waals surface area contributed by atoms with Crippen LogP contribution in [0, 0.1) is 11.3 Å². The number of hydrogen-bond donors (Lipinski definition) is 1. The van der Waals surface area contributed by atoms with Crippen molar-refractivity contribution in [3.63, 3.8) is 0 Å². The molecule has 0 spiro atoms. The van der Waals surface area contributed by atoms with Crippen LogP contribution in [-0.4, -0.2) is 58.9 Å². The highest BCUT2D eigenvalue weighted by Crippen LogP contribution is 2.20. The van der Waals surface area contributed by atoms with Crippen LogP contribution in [0.25, 0.3) is 5.52 Å². The van der Waals surface area contributed by atoms with Gasteiger partial charge in [0.05, 0.1) is 17.6 Å². The summed E-state index contributed by atoms with van der Waals surface area (Å²) in [5.41, 5.74) is 2.79. The van der Waals surface area contributed by atoms with E-state index in [1.54, 1.807) is 0 Å². The maximum Gasteiger partial charge on any atom is 0.234 e. The van der Waals surface area contributed by atoms with E-state index in [9.17, 15) is 10.1 Å². The summed E-state index contributed by atoms with van der Waals surface area (Å²) < 4.78 is 2.01. The number of piperazine rings is 1. The maximum atomic E-state index is 11.9. The first-order valence-corrected chi connectivity index (χ1v) is 8.79. The van der Waals surface area contributed by atoms with Gasteiger partial charge < -0.3 is 9.72 Å². The molecule has 0 bridgehead atoms. The van der Waals surface area contributed by atoms with Crippen molar-refractivity contribution >= 4 is 11.4 Å². The average molecular weight is 339 g/mol. The number of fused-ring (bicyclic) bond motifs is 1. The highest BCUT2D eigenvalue weighted by atomic mass is 16.2. The van der Waals surface area contributed by atoms with Crippen LogP contribution < -0.4 is 5.32 Å². The number of carbonyl (C=O) groups is 1. The molecular weight excluding hydrogens is 314 g/mol. The fourth-order valence-corrected chi connectivity index (χ4v) is 3.34. The lowest BCUT2D eigenvalue weighted by molar-refractivity contribution is -0.123. The largest absolute Gasteiger partial charge is 0.353 e. The topological polar surface area (TPSA) is 63.8 Å². The summed E-state index contributed by atoms with van der Waals surface area (Å²) in [5.74, 6) is 0.0916. The molecule has 1 aliphatic heterocycles.